The van der Waals surface area contributed by atoms with E-state index in [2.05, 4.69) is 29.0 Å². The molecule has 2 rings (SSSR count). The van der Waals surface area contributed by atoms with E-state index in [1.54, 1.807) is 0 Å². The molecule has 1 aliphatic rings. The minimum Gasteiger partial charge on any atom is -0.338 e. The molecule has 1 aliphatic carbocycles. The Morgan fingerprint density at radius 2 is 2.16 bits per heavy atom. The Morgan fingerprint density at radius 3 is 2.74 bits per heavy atom. The number of aromatic nitrogens is 2. The first-order valence-corrected chi connectivity index (χ1v) is 7.18. The summed E-state index contributed by atoms with van der Waals surface area (Å²) in [6.45, 7) is 6.81. The average Bonchev–Trinajstić information content (AvgIpc) is 2.77. The standard InChI is InChI=1S/C14H26N4O/c1-10-6-5-7-11(8-10)18(4)9-12-16-13(17-19-12)14(2,3)15/h10-11H,5-9,15H2,1-4H3. The first-order valence-electron chi connectivity index (χ1n) is 7.18. The van der Waals surface area contributed by atoms with Crippen LogP contribution in [0, 0.1) is 5.92 Å². The summed E-state index contributed by atoms with van der Waals surface area (Å²) in [5.74, 6) is 2.06. The molecular formula is C14H26N4O. The van der Waals surface area contributed by atoms with Gasteiger partial charge < -0.3 is 10.3 Å². The lowest BCUT2D eigenvalue weighted by Gasteiger charge is -2.33. The van der Waals surface area contributed by atoms with Gasteiger partial charge in [-0.1, -0.05) is 24.9 Å². The van der Waals surface area contributed by atoms with Crippen LogP contribution in [0.2, 0.25) is 0 Å². The predicted octanol–water partition coefficient (Wildman–Crippen LogP) is 2.27. The Hall–Kier alpha value is -0.940. The quantitative estimate of drug-likeness (QED) is 0.905. The Morgan fingerprint density at radius 1 is 1.42 bits per heavy atom. The minimum atomic E-state index is -0.542. The second kappa shape index (κ2) is 5.59. The molecule has 0 aliphatic heterocycles. The molecule has 0 bridgehead atoms. The van der Waals surface area contributed by atoms with E-state index in [1.165, 1.54) is 25.7 Å². The molecule has 1 fully saturated rings. The SMILES string of the molecule is CC1CCCC(N(C)Cc2nc(C(C)(C)N)no2)C1. The van der Waals surface area contributed by atoms with Crippen molar-refractivity contribution in [2.45, 2.75) is 64.6 Å². The summed E-state index contributed by atoms with van der Waals surface area (Å²) in [5.41, 5.74) is 5.42. The van der Waals surface area contributed by atoms with Crippen LogP contribution in [0.5, 0.6) is 0 Å². The van der Waals surface area contributed by atoms with Crippen LogP contribution in [0.4, 0.5) is 0 Å². The van der Waals surface area contributed by atoms with Gasteiger partial charge in [0.25, 0.3) is 0 Å². The zero-order valence-corrected chi connectivity index (χ0v) is 12.5. The van der Waals surface area contributed by atoms with Gasteiger partial charge >= 0.3 is 0 Å². The number of hydrogen-bond donors (Lipinski definition) is 1. The summed E-state index contributed by atoms with van der Waals surface area (Å²) < 4.78 is 5.30. The fourth-order valence-electron chi connectivity index (χ4n) is 2.73. The summed E-state index contributed by atoms with van der Waals surface area (Å²) >= 11 is 0. The molecule has 1 aromatic rings. The topological polar surface area (TPSA) is 68.2 Å². The number of rotatable bonds is 4. The van der Waals surface area contributed by atoms with Gasteiger partial charge in [-0.15, -0.1) is 0 Å². The second-order valence-electron chi connectivity index (χ2n) is 6.57. The zero-order chi connectivity index (χ0) is 14.0. The molecule has 0 radical (unpaired) electrons. The van der Waals surface area contributed by atoms with Gasteiger partial charge in [0, 0.05) is 6.04 Å². The van der Waals surface area contributed by atoms with E-state index in [0.717, 1.165) is 5.92 Å². The Labute approximate surface area is 115 Å². The van der Waals surface area contributed by atoms with Gasteiger partial charge in [0.15, 0.2) is 5.82 Å². The maximum atomic E-state index is 5.96. The van der Waals surface area contributed by atoms with Crippen LogP contribution in [0.1, 0.15) is 58.2 Å². The zero-order valence-electron chi connectivity index (χ0n) is 12.5. The van der Waals surface area contributed by atoms with E-state index >= 15 is 0 Å². The summed E-state index contributed by atoms with van der Waals surface area (Å²) in [4.78, 5) is 6.72. The van der Waals surface area contributed by atoms with Gasteiger partial charge in [-0.25, -0.2) is 0 Å². The van der Waals surface area contributed by atoms with E-state index in [1.807, 2.05) is 13.8 Å². The van der Waals surface area contributed by atoms with Crippen molar-refractivity contribution in [3.63, 3.8) is 0 Å². The molecule has 5 heteroatoms. The van der Waals surface area contributed by atoms with Crippen molar-refractivity contribution in [2.75, 3.05) is 7.05 Å². The van der Waals surface area contributed by atoms with Crippen molar-refractivity contribution in [1.29, 1.82) is 0 Å². The van der Waals surface area contributed by atoms with Crippen molar-refractivity contribution >= 4 is 0 Å². The summed E-state index contributed by atoms with van der Waals surface area (Å²) in [5, 5.41) is 3.96. The third kappa shape index (κ3) is 3.76. The first kappa shape index (κ1) is 14.5. The van der Waals surface area contributed by atoms with Gasteiger partial charge in [0.05, 0.1) is 12.1 Å². The molecule has 2 N–H and O–H groups in total. The Bertz CT molecular complexity index is 410. The van der Waals surface area contributed by atoms with Crippen LogP contribution in [-0.2, 0) is 12.1 Å². The van der Waals surface area contributed by atoms with Crippen molar-refractivity contribution in [2.24, 2.45) is 11.7 Å². The van der Waals surface area contributed by atoms with Crippen molar-refractivity contribution in [1.82, 2.24) is 15.0 Å². The van der Waals surface area contributed by atoms with E-state index in [-0.39, 0.29) is 0 Å². The van der Waals surface area contributed by atoms with E-state index in [9.17, 15) is 0 Å². The molecule has 108 valence electrons. The fourth-order valence-corrected chi connectivity index (χ4v) is 2.73. The highest BCUT2D eigenvalue weighted by atomic mass is 16.5. The monoisotopic (exact) mass is 266 g/mol. The predicted molar refractivity (Wildman–Crippen MR) is 74.4 cm³/mol. The highest BCUT2D eigenvalue weighted by Crippen LogP contribution is 2.27. The van der Waals surface area contributed by atoms with E-state index < -0.39 is 5.54 Å². The Kier molecular flexibility index (Phi) is 4.26. The van der Waals surface area contributed by atoms with Crippen molar-refractivity contribution in [3.05, 3.63) is 11.7 Å². The molecule has 5 nitrogen and oxygen atoms in total. The molecule has 1 saturated carbocycles. The molecule has 1 heterocycles. The van der Waals surface area contributed by atoms with E-state index in [4.69, 9.17) is 10.3 Å². The summed E-state index contributed by atoms with van der Waals surface area (Å²) in [6, 6.07) is 0.630. The van der Waals surface area contributed by atoms with E-state index in [0.29, 0.717) is 24.3 Å². The molecule has 0 spiro atoms. The first-order chi connectivity index (χ1) is 8.86. The van der Waals surface area contributed by atoms with Crippen LogP contribution in [0.25, 0.3) is 0 Å². The molecule has 1 aromatic heterocycles. The van der Waals surface area contributed by atoms with Crippen molar-refractivity contribution in [3.8, 4) is 0 Å². The van der Waals surface area contributed by atoms with Gasteiger partial charge in [-0.05, 0) is 39.7 Å². The third-order valence-electron chi connectivity index (χ3n) is 3.96. The van der Waals surface area contributed by atoms with Crippen LogP contribution in [0.3, 0.4) is 0 Å². The molecule has 2 unspecified atom stereocenters. The number of hydrogen-bond acceptors (Lipinski definition) is 5. The molecular weight excluding hydrogens is 240 g/mol. The van der Waals surface area contributed by atoms with Gasteiger partial charge in [-0.3, -0.25) is 4.90 Å². The van der Waals surface area contributed by atoms with Gasteiger partial charge in [0.1, 0.15) is 0 Å². The second-order valence-corrected chi connectivity index (χ2v) is 6.57. The average molecular weight is 266 g/mol. The summed E-state index contributed by atoms with van der Waals surface area (Å²) in [7, 11) is 2.14. The maximum absolute atomic E-state index is 5.96. The summed E-state index contributed by atoms with van der Waals surface area (Å²) in [6.07, 6.45) is 5.21. The lowest BCUT2D eigenvalue weighted by Crippen LogP contribution is -2.35. The van der Waals surface area contributed by atoms with Gasteiger partial charge in [0.2, 0.25) is 5.89 Å². The van der Waals surface area contributed by atoms with Crippen LogP contribution in [0.15, 0.2) is 4.52 Å². The number of nitrogens with zero attached hydrogens (tertiary/aromatic N) is 3. The normalized spacial score (nSPS) is 24.9. The lowest BCUT2D eigenvalue weighted by atomic mass is 9.86. The molecule has 0 amide bonds. The smallest absolute Gasteiger partial charge is 0.240 e. The Balaban J connectivity index is 1.95. The molecule has 0 saturated heterocycles. The van der Waals surface area contributed by atoms with Crippen LogP contribution >= 0.6 is 0 Å². The van der Waals surface area contributed by atoms with Crippen molar-refractivity contribution < 1.29 is 4.52 Å². The number of nitrogens with two attached hydrogens (primary N) is 1. The highest BCUT2D eigenvalue weighted by molar-refractivity contribution is 4.99. The molecule has 19 heavy (non-hydrogen) atoms. The lowest BCUT2D eigenvalue weighted by molar-refractivity contribution is 0.143. The minimum absolute atomic E-state index is 0.542. The highest BCUT2D eigenvalue weighted by Gasteiger charge is 2.25. The third-order valence-corrected chi connectivity index (χ3v) is 3.96. The molecule has 0 aromatic carbocycles. The maximum Gasteiger partial charge on any atom is 0.240 e. The molecule has 2 atom stereocenters. The van der Waals surface area contributed by atoms with Crippen LogP contribution in [-0.4, -0.2) is 28.1 Å². The van der Waals surface area contributed by atoms with Gasteiger partial charge in [-0.2, -0.15) is 4.98 Å². The largest absolute Gasteiger partial charge is 0.338 e. The van der Waals surface area contributed by atoms with Crippen LogP contribution < -0.4 is 5.73 Å². The fraction of sp³-hybridized carbons (Fsp3) is 0.857.